The number of amides is 1. The maximum atomic E-state index is 12.7. The van der Waals surface area contributed by atoms with E-state index >= 15 is 0 Å². The zero-order valence-electron chi connectivity index (χ0n) is 17.7. The molecule has 2 heterocycles. The number of amidine groups is 1. The Bertz CT molecular complexity index is 1140. The first-order valence-corrected chi connectivity index (χ1v) is 12.5. The summed E-state index contributed by atoms with van der Waals surface area (Å²) in [6, 6.07) is 10.1. The molecule has 2 N–H and O–H groups in total. The molecular weight excluding hydrogens is 454 g/mol. The summed E-state index contributed by atoms with van der Waals surface area (Å²) >= 11 is 1.45. The van der Waals surface area contributed by atoms with Gasteiger partial charge in [-0.3, -0.25) is 9.79 Å². The topological polar surface area (TPSA) is 115 Å². The van der Waals surface area contributed by atoms with Crippen molar-refractivity contribution >= 4 is 44.0 Å². The summed E-state index contributed by atoms with van der Waals surface area (Å²) in [7, 11) is 1.55. The second-order valence-corrected chi connectivity index (χ2v) is 10.7. The number of methoxy groups -OCH3 is 3. The molecule has 32 heavy (non-hydrogen) atoms. The predicted molar refractivity (Wildman–Crippen MR) is 125 cm³/mol. The van der Waals surface area contributed by atoms with Crippen LogP contribution in [0.15, 0.2) is 41.4 Å². The van der Waals surface area contributed by atoms with Crippen LogP contribution in [0.25, 0.3) is 0 Å². The third-order valence-electron chi connectivity index (χ3n) is 5.14. The number of sulfone groups is 1. The van der Waals surface area contributed by atoms with E-state index in [1.807, 2.05) is 0 Å². The molecule has 2 aromatic carbocycles. The van der Waals surface area contributed by atoms with Gasteiger partial charge in [-0.15, -0.1) is 0 Å². The van der Waals surface area contributed by atoms with Crippen molar-refractivity contribution in [1.82, 2.24) is 0 Å². The summed E-state index contributed by atoms with van der Waals surface area (Å²) in [5.74, 6) is 1.30. The lowest BCUT2D eigenvalue weighted by atomic mass is 10.2. The Hall–Kier alpha value is -2.92. The molecule has 4 rings (SSSR count). The third kappa shape index (κ3) is 4.63. The SMILES string of the molecule is COc1cc(NC(=O)c2ccc(NC3=N[C@@H]4CS(=O)(=O)C[C@@H]4S3)cc2)cc(OC)c1OC. The van der Waals surface area contributed by atoms with Crippen molar-refractivity contribution in [2.45, 2.75) is 11.3 Å². The molecular formula is C21H23N3O6S2. The number of hydrogen-bond donors (Lipinski definition) is 2. The molecule has 2 aliphatic heterocycles. The van der Waals surface area contributed by atoms with Gasteiger partial charge in [-0.1, -0.05) is 11.8 Å². The minimum absolute atomic E-state index is 0.0222. The van der Waals surface area contributed by atoms with Crippen LogP contribution in [0.2, 0.25) is 0 Å². The van der Waals surface area contributed by atoms with Gasteiger partial charge in [0, 0.05) is 34.3 Å². The highest BCUT2D eigenvalue weighted by Gasteiger charge is 2.42. The van der Waals surface area contributed by atoms with Crippen molar-refractivity contribution in [3.63, 3.8) is 0 Å². The fourth-order valence-electron chi connectivity index (χ4n) is 3.60. The number of benzene rings is 2. The second kappa shape index (κ2) is 8.91. The number of carbonyl (C=O) groups excluding carboxylic acids is 1. The molecule has 0 spiro atoms. The van der Waals surface area contributed by atoms with E-state index in [4.69, 9.17) is 14.2 Å². The fourth-order valence-corrected chi connectivity index (χ4v) is 7.28. The molecule has 0 aliphatic carbocycles. The van der Waals surface area contributed by atoms with Crippen LogP contribution in [0, 0.1) is 0 Å². The maximum Gasteiger partial charge on any atom is 0.255 e. The van der Waals surface area contributed by atoms with Crippen molar-refractivity contribution in [3.05, 3.63) is 42.0 Å². The van der Waals surface area contributed by atoms with E-state index in [1.54, 1.807) is 36.4 Å². The number of nitrogens with one attached hydrogen (secondary N) is 2. The zero-order valence-corrected chi connectivity index (χ0v) is 19.4. The number of carbonyl (C=O) groups is 1. The van der Waals surface area contributed by atoms with Crippen LogP contribution in [0.1, 0.15) is 10.4 Å². The van der Waals surface area contributed by atoms with Crippen LogP contribution in [-0.4, -0.2) is 63.6 Å². The molecule has 0 saturated carbocycles. The zero-order chi connectivity index (χ0) is 22.9. The highest BCUT2D eigenvalue weighted by atomic mass is 32.2. The van der Waals surface area contributed by atoms with Gasteiger partial charge in [0.25, 0.3) is 5.91 Å². The number of rotatable bonds is 6. The van der Waals surface area contributed by atoms with E-state index in [0.717, 1.165) is 5.69 Å². The smallest absolute Gasteiger partial charge is 0.255 e. The molecule has 1 saturated heterocycles. The standard InChI is InChI=1S/C21H23N3O6S2/c1-28-16-8-14(9-17(29-2)19(16)30-3)22-20(25)12-4-6-13(7-5-12)23-21-24-15-10-32(26,27)11-18(15)31-21/h4-9,15,18H,10-11H2,1-3H3,(H,22,25)(H,23,24)/t15-,18+/m1/s1. The van der Waals surface area contributed by atoms with Gasteiger partial charge in [0.2, 0.25) is 5.75 Å². The van der Waals surface area contributed by atoms with Crippen LogP contribution in [-0.2, 0) is 9.84 Å². The summed E-state index contributed by atoms with van der Waals surface area (Å²) in [4.78, 5) is 17.2. The van der Waals surface area contributed by atoms with Gasteiger partial charge < -0.3 is 24.8 Å². The number of thioether (sulfide) groups is 1. The molecule has 2 aliphatic rings. The summed E-state index contributed by atoms with van der Waals surface area (Å²) < 4.78 is 39.3. The van der Waals surface area contributed by atoms with Gasteiger partial charge >= 0.3 is 0 Å². The van der Waals surface area contributed by atoms with Gasteiger partial charge in [0.15, 0.2) is 26.5 Å². The van der Waals surface area contributed by atoms with Crippen LogP contribution >= 0.6 is 11.8 Å². The number of fused-ring (bicyclic) bond motifs is 1. The molecule has 170 valence electrons. The minimum Gasteiger partial charge on any atom is -0.493 e. The Balaban J connectivity index is 1.42. The van der Waals surface area contributed by atoms with E-state index in [1.165, 1.54) is 33.1 Å². The van der Waals surface area contributed by atoms with Crippen molar-refractivity contribution in [2.75, 3.05) is 43.5 Å². The van der Waals surface area contributed by atoms with E-state index in [-0.39, 0.29) is 28.7 Å². The van der Waals surface area contributed by atoms with Crippen LogP contribution < -0.4 is 24.8 Å². The number of anilines is 2. The quantitative estimate of drug-likeness (QED) is 0.653. The number of hydrogen-bond acceptors (Lipinski definition) is 9. The molecule has 0 radical (unpaired) electrons. The van der Waals surface area contributed by atoms with Gasteiger partial charge in [-0.2, -0.15) is 0 Å². The summed E-state index contributed by atoms with van der Waals surface area (Å²) in [6.45, 7) is 0. The minimum atomic E-state index is -2.98. The fraction of sp³-hybridized carbons (Fsp3) is 0.333. The summed E-state index contributed by atoms with van der Waals surface area (Å²) in [6.07, 6.45) is 0. The highest BCUT2D eigenvalue weighted by molar-refractivity contribution is 8.15. The predicted octanol–water partition coefficient (Wildman–Crippen LogP) is 2.65. The van der Waals surface area contributed by atoms with Gasteiger partial charge in [-0.25, -0.2) is 8.42 Å². The van der Waals surface area contributed by atoms with Crippen molar-refractivity contribution in [2.24, 2.45) is 4.99 Å². The Morgan fingerprint density at radius 1 is 1.00 bits per heavy atom. The molecule has 0 bridgehead atoms. The molecule has 2 aromatic rings. The largest absolute Gasteiger partial charge is 0.493 e. The molecule has 11 heteroatoms. The Morgan fingerprint density at radius 2 is 1.66 bits per heavy atom. The number of nitrogens with zero attached hydrogens (tertiary/aromatic N) is 1. The summed E-state index contributed by atoms with van der Waals surface area (Å²) in [5, 5.41) is 6.70. The highest BCUT2D eigenvalue weighted by Crippen LogP contribution is 2.40. The van der Waals surface area contributed by atoms with Crippen LogP contribution in [0.4, 0.5) is 11.4 Å². The van der Waals surface area contributed by atoms with E-state index in [2.05, 4.69) is 15.6 Å². The van der Waals surface area contributed by atoms with Crippen molar-refractivity contribution in [3.8, 4) is 17.2 Å². The first-order valence-electron chi connectivity index (χ1n) is 9.75. The van der Waals surface area contributed by atoms with Crippen molar-refractivity contribution < 1.29 is 27.4 Å². The molecule has 1 amide bonds. The van der Waals surface area contributed by atoms with Gasteiger partial charge in [0.1, 0.15) is 0 Å². The molecule has 0 aromatic heterocycles. The molecule has 2 atom stereocenters. The Labute approximate surface area is 190 Å². The Kier molecular flexibility index (Phi) is 6.20. The monoisotopic (exact) mass is 477 g/mol. The third-order valence-corrected chi connectivity index (χ3v) is 8.28. The van der Waals surface area contributed by atoms with E-state index in [9.17, 15) is 13.2 Å². The summed E-state index contributed by atoms with van der Waals surface area (Å²) in [5.41, 5.74) is 1.74. The number of ether oxygens (including phenoxy) is 3. The lowest BCUT2D eigenvalue weighted by molar-refractivity contribution is 0.102. The van der Waals surface area contributed by atoms with Gasteiger partial charge in [-0.05, 0) is 24.3 Å². The lowest BCUT2D eigenvalue weighted by Gasteiger charge is -2.14. The molecule has 0 unspecified atom stereocenters. The maximum absolute atomic E-state index is 12.7. The Morgan fingerprint density at radius 3 is 2.22 bits per heavy atom. The molecule has 1 fully saturated rings. The van der Waals surface area contributed by atoms with Gasteiger partial charge in [0.05, 0.1) is 38.9 Å². The normalized spacial score (nSPS) is 20.8. The van der Waals surface area contributed by atoms with E-state index < -0.39 is 9.84 Å². The van der Waals surface area contributed by atoms with Crippen LogP contribution in [0.5, 0.6) is 17.2 Å². The first kappa shape index (κ1) is 22.3. The van der Waals surface area contributed by atoms with Crippen molar-refractivity contribution in [1.29, 1.82) is 0 Å². The van der Waals surface area contributed by atoms with E-state index in [0.29, 0.717) is 33.7 Å². The van der Waals surface area contributed by atoms with Crippen LogP contribution in [0.3, 0.4) is 0 Å². The first-order chi connectivity index (χ1) is 15.3. The second-order valence-electron chi connectivity index (χ2n) is 7.31. The lowest BCUT2D eigenvalue weighted by Crippen LogP contribution is -2.13. The number of aliphatic imine (C=N–C) groups is 1. The average Bonchev–Trinajstić information content (AvgIpc) is 3.25. The molecule has 9 nitrogen and oxygen atoms in total. The average molecular weight is 478 g/mol.